The van der Waals surface area contributed by atoms with Crippen LogP contribution in [0.4, 0.5) is 5.82 Å². The summed E-state index contributed by atoms with van der Waals surface area (Å²) in [5.41, 5.74) is 0.866. The maximum atomic E-state index is 12.8. The predicted octanol–water partition coefficient (Wildman–Crippen LogP) is 2.53. The van der Waals surface area contributed by atoms with E-state index in [1.54, 1.807) is 6.20 Å². The van der Waals surface area contributed by atoms with E-state index in [2.05, 4.69) is 20.0 Å². The lowest BCUT2D eigenvalue weighted by molar-refractivity contribution is -0.134. The molecule has 0 spiro atoms. The molecule has 1 amide bonds. The lowest BCUT2D eigenvalue weighted by Gasteiger charge is -2.35. The number of pyridine rings is 1. The molecule has 2 fully saturated rings. The Balaban J connectivity index is 1.56. The first-order chi connectivity index (χ1) is 12.8. The number of anilines is 1. The van der Waals surface area contributed by atoms with E-state index in [4.69, 9.17) is 4.52 Å². The maximum absolute atomic E-state index is 12.8. The molecule has 138 valence electrons. The van der Waals surface area contributed by atoms with Gasteiger partial charge in [0, 0.05) is 38.8 Å². The molecule has 2 aromatic heterocycles. The van der Waals surface area contributed by atoms with Crippen LogP contribution in [0.25, 0.3) is 11.4 Å². The molecule has 2 saturated heterocycles. The summed E-state index contributed by atoms with van der Waals surface area (Å²) in [4.78, 5) is 26.1. The van der Waals surface area contributed by atoms with Crippen molar-refractivity contribution in [2.75, 3.05) is 31.1 Å². The molecule has 7 heteroatoms. The van der Waals surface area contributed by atoms with E-state index in [1.807, 2.05) is 24.0 Å². The highest BCUT2D eigenvalue weighted by Gasteiger charge is 2.32. The van der Waals surface area contributed by atoms with E-state index in [0.29, 0.717) is 30.6 Å². The number of nitrogens with zero attached hydrogens (tertiary/aromatic N) is 5. The van der Waals surface area contributed by atoms with Gasteiger partial charge in [0.1, 0.15) is 5.82 Å². The van der Waals surface area contributed by atoms with Crippen molar-refractivity contribution in [3.63, 3.8) is 0 Å². The number of aryl methyl sites for hydroxylation is 1. The lowest BCUT2D eigenvalue weighted by atomic mass is 9.96. The fourth-order valence-corrected chi connectivity index (χ4v) is 3.90. The van der Waals surface area contributed by atoms with Crippen LogP contribution in [0.5, 0.6) is 0 Å². The monoisotopic (exact) mass is 355 g/mol. The Hall–Kier alpha value is -2.44. The minimum absolute atomic E-state index is 0.0492. The van der Waals surface area contributed by atoms with Crippen molar-refractivity contribution in [3.05, 3.63) is 24.2 Å². The molecule has 0 saturated carbocycles. The Labute approximate surface area is 153 Å². The van der Waals surface area contributed by atoms with Crippen molar-refractivity contribution in [1.82, 2.24) is 20.0 Å². The van der Waals surface area contributed by atoms with E-state index >= 15 is 0 Å². The van der Waals surface area contributed by atoms with Gasteiger partial charge in [-0.25, -0.2) is 4.98 Å². The van der Waals surface area contributed by atoms with Crippen molar-refractivity contribution in [2.24, 2.45) is 5.92 Å². The second kappa shape index (κ2) is 7.43. The predicted molar refractivity (Wildman–Crippen MR) is 97.7 cm³/mol. The first kappa shape index (κ1) is 17.0. The normalized spacial score (nSPS) is 20.6. The molecule has 0 N–H and O–H groups in total. The topological polar surface area (TPSA) is 75.4 Å². The van der Waals surface area contributed by atoms with Gasteiger partial charge >= 0.3 is 0 Å². The number of hydrogen-bond acceptors (Lipinski definition) is 6. The van der Waals surface area contributed by atoms with Crippen molar-refractivity contribution in [3.8, 4) is 11.4 Å². The zero-order valence-electron chi connectivity index (χ0n) is 15.2. The van der Waals surface area contributed by atoms with Crippen LogP contribution in [0.15, 0.2) is 22.9 Å². The quantitative estimate of drug-likeness (QED) is 0.839. The van der Waals surface area contributed by atoms with Crippen LogP contribution in [-0.2, 0) is 11.2 Å². The molecule has 7 nitrogen and oxygen atoms in total. The standard InChI is InChI=1S/C19H25N5O2/c1-2-16-21-17(22-26-16)15-8-5-9-20-18(15)24-12-6-7-14(13-24)19(25)23-10-3-4-11-23/h5,8-9,14H,2-4,6-7,10-13H2,1H3. The Morgan fingerprint density at radius 2 is 2.12 bits per heavy atom. The summed E-state index contributed by atoms with van der Waals surface area (Å²) in [7, 11) is 0. The van der Waals surface area contributed by atoms with Gasteiger partial charge in [-0.3, -0.25) is 4.79 Å². The Morgan fingerprint density at radius 3 is 2.88 bits per heavy atom. The SMILES string of the molecule is CCc1nc(-c2cccnc2N2CCCC(C(=O)N3CCCC3)C2)no1. The van der Waals surface area contributed by atoms with Crippen LogP contribution in [-0.4, -0.2) is 52.1 Å². The molecule has 2 aliphatic rings. The average molecular weight is 355 g/mol. The number of hydrogen-bond donors (Lipinski definition) is 0. The molecule has 4 rings (SSSR count). The molecule has 0 aromatic carbocycles. The number of carbonyl (C=O) groups excluding carboxylic acids is 1. The molecule has 2 aliphatic heterocycles. The van der Waals surface area contributed by atoms with E-state index in [9.17, 15) is 4.79 Å². The van der Waals surface area contributed by atoms with Gasteiger partial charge in [0.15, 0.2) is 0 Å². The summed E-state index contributed by atoms with van der Waals surface area (Å²) >= 11 is 0. The molecule has 1 atom stereocenters. The number of amides is 1. The van der Waals surface area contributed by atoms with E-state index < -0.39 is 0 Å². The summed E-state index contributed by atoms with van der Waals surface area (Å²) < 4.78 is 5.27. The molecular formula is C19H25N5O2. The smallest absolute Gasteiger partial charge is 0.227 e. The number of likely N-dealkylation sites (tertiary alicyclic amines) is 1. The highest BCUT2D eigenvalue weighted by molar-refractivity contribution is 5.80. The Kier molecular flexibility index (Phi) is 4.86. The third kappa shape index (κ3) is 3.30. The van der Waals surface area contributed by atoms with E-state index in [1.165, 1.54) is 0 Å². The second-order valence-electron chi connectivity index (χ2n) is 7.06. The summed E-state index contributed by atoms with van der Waals surface area (Å²) in [6.07, 6.45) is 6.70. The van der Waals surface area contributed by atoms with Crippen LogP contribution < -0.4 is 4.90 Å². The Bertz CT molecular complexity index is 769. The van der Waals surface area contributed by atoms with Crippen molar-refractivity contribution >= 4 is 11.7 Å². The first-order valence-electron chi connectivity index (χ1n) is 9.58. The van der Waals surface area contributed by atoms with Crippen molar-refractivity contribution in [2.45, 2.75) is 39.0 Å². The first-order valence-corrected chi connectivity index (χ1v) is 9.58. The molecule has 1 unspecified atom stereocenters. The van der Waals surface area contributed by atoms with E-state index in [-0.39, 0.29) is 5.92 Å². The van der Waals surface area contributed by atoms with Crippen LogP contribution in [0.1, 0.15) is 38.5 Å². The van der Waals surface area contributed by atoms with Gasteiger partial charge < -0.3 is 14.3 Å². The van der Waals surface area contributed by atoms with Crippen LogP contribution >= 0.6 is 0 Å². The van der Waals surface area contributed by atoms with Crippen LogP contribution in [0.2, 0.25) is 0 Å². The highest BCUT2D eigenvalue weighted by atomic mass is 16.5. The third-order valence-corrected chi connectivity index (χ3v) is 5.29. The number of carbonyl (C=O) groups is 1. The average Bonchev–Trinajstić information content (AvgIpc) is 3.39. The zero-order chi connectivity index (χ0) is 17.9. The van der Waals surface area contributed by atoms with E-state index in [0.717, 1.165) is 56.7 Å². The van der Waals surface area contributed by atoms with Gasteiger partial charge in [0.25, 0.3) is 0 Å². The van der Waals surface area contributed by atoms with Gasteiger partial charge in [-0.05, 0) is 37.8 Å². The van der Waals surface area contributed by atoms with Gasteiger partial charge in [-0.1, -0.05) is 12.1 Å². The largest absolute Gasteiger partial charge is 0.355 e. The van der Waals surface area contributed by atoms with Gasteiger partial charge in [0.05, 0.1) is 11.5 Å². The number of aromatic nitrogens is 3. The lowest BCUT2D eigenvalue weighted by Crippen LogP contribution is -2.44. The molecular weight excluding hydrogens is 330 g/mol. The van der Waals surface area contributed by atoms with Crippen molar-refractivity contribution in [1.29, 1.82) is 0 Å². The van der Waals surface area contributed by atoms with Crippen LogP contribution in [0, 0.1) is 5.92 Å². The molecule has 0 radical (unpaired) electrons. The van der Waals surface area contributed by atoms with Gasteiger partial charge in [0.2, 0.25) is 17.6 Å². The fourth-order valence-electron chi connectivity index (χ4n) is 3.90. The molecule has 2 aromatic rings. The molecule has 4 heterocycles. The highest BCUT2D eigenvalue weighted by Crippen LogP contribution is 2.31. The summed E-state index contributed by atoms with van der Waals surface area (Å²) in [6, 6.07) is 3.86. The minimum Gasteiger partial charge on any atom is -0.355 e. The fraction of sp³-hybridized carbons (Fsp3) is 0.579. The minimum atomic E-state index is 0.0492. The maximum Gasteiger partial charge on any atom is 0.227 e. The molecule has 26 heavy (non-hydrogen) atoms. The third-order valence-electron chi connectivity index (χ3n) is 5.29. The van der Waals surface area contributed by atoms with Crippen LogP contribution in [0.3, 0.4) is 0 Å². The number of rotatable bonds is 4. The number of piperidine rings is 1. The molecule has 0 bridgehead atoms. The van der Waals surface area contributed by atoms with Crippen molar-refractivity contribution < 1.29 is 9.32 Å². The summed E-state index contributed by atoms with van der Waals surface area (Å²) in [5, 5.41) is 4.10. The summed E-state index contributed by atoms with van der Waals surface area (Å²) in [5.74, 6) is 2.38. The second-order valence-corrected chi connectivity index (χ2v) is 7.06. The van der Waals surface area contributed by atoms with Gasteiger partial charge in [-0.15, -0.1) is 0 Å². The zero-order valence-corrected chi connectivity index (χ0v) is 15.2. The Morgan fingerprint density at radius 1 is 1.27 bits per heavy atom. The molecule has 0 aliphatic carbocycles. The van der Waals surface area contributed by atoms with Gasteiger partial charge in [-0.2, -0.15) is 4.98 Å². The summed E-state index contributed by atoms with van der Waals surface area (Å²) in [6.45, 7) is 5.41.